The fourth-order valence-electron chi connectivity index (χ4n) is 2.52. The summed E-state index contributed by atoms with van der Waals surface area (Å²) >= 11 is 12.0. The highest BCUT2D eigenvalue weighted by molar-refractivity contribution is 6.38. The normalized spacial score (nSPS) is 11.0. The zero-order valence-corrected chi connectivity index (χ0v) is 12.9. The molecule has 2 nitrogen and oxygen atoms in total. The highest BCUT2D eigenvalue weighted by Crippen LogP contribution is 2.28. The lowest BCUT2D eigenvalue weighted by atomic mass is 10.0. The molecule has 1 aromatic heterocycles. The lowest BCUT2D eigenvalue weighted by Gasteiger charge is -2.04. The molecule has 106 valence electrons. The summed E-state index contributed by atoms with van der Waals surface area (Å²) in [7, 11) is 0. The van der Waals surface area contributed by atoms with E-state index in [1.807, 2.05) is 12.1 Å². The first kappa shape index (κ1) is 14.2. The fourth-order valence-corrected chi connectivity index (χ4v) is 3.01. The van der Waals surface area contributed by atoms with Gasteiger partial charge in [-0.05, 0) is 30.2 Å². The van der Waals surface area contributed by atoms with Gasteiger partial charge in [0.05, 0.1) is 5.02 Å². The van der Waals surface area contributed by atoms with Crippen molar-refractivity contribution in [1.29, 1.82) is 0 Å². The number of para-hydroxylation sites is 1. The number of benzene rings is 2. The van der Waals surface area contributed by atoms with Crippen LogP contribution in [0.5, 0.6) is 0 Å². The zero-order chi connectivity index (χ0) is 15.0. The van der Waals surface area contributed by atoms with Crippen molar-refractivity contribution in [2.45, 2.75) is 13.3 Å². The van der Waals surface area contributed by atoms with Crippen molar-refractivity contribution in [2.75, 3.05) is 0 Å². The summed E-state index contributed by atoms with van der Waals surface area (Å²) in [6.45, 7) is 2.09. The number of hydrogen-bond acceptors (Lipinski definition) is 1. The van der Waals surface area contributed by atoms with E-state index >= 15 is 0 Å². The summed E-state index contributed by atoms with van der Waals surface area (Å²) in [5, 5.41) is 1.81. The van der Waals surface area contributed by atoms with E-state index in [2.05, 4.69) is 18.0 Å². The van der Waals surface area contributed by atoms with E-state index < -0.39 is 0 Å². The monoisotopic (exact) mass is 317 g/mol. The molecule has 3 rings (SSSR count). The van der Waals surface area contributed by atoms with E-state index in [9.17, 15) is 4.79 Å². The zero-order valence-electron chi connectivity index (χ0n) is 11.4. The van der Waals surface area contributed by atoms with E-state index in [4.69, 9.17) is 23.2 Å². The van der Waals surface area contributed by atoms with Gasteiger partial charge in [-0.3, -0.25) is 4.79 Å². The van der Waals surface area contributed by atoms with Crippen LogP contribution in [0.25, 0.3) is 10.9 Å². The standard InChI is InChI=1S/C17H13Cl2NO/c1-2-10-4-3-5-12-14(9-20-16(10)12)17(21)13-7-6-11(18)8-15(13)19/h3-9,20H,2H2,1H3. The molecule has 1 N–H and O–H groups in total. The molecule has 0 saturated carbocycles. The Bertz CT molecular complexity index is 836. The molecule has 0 saturated heterocycles. The Balaban J connectivity index is 2.14. The van der Waals surface area contributed by atoms with E-state index in [1.165, 1.54) is 5.56 Å². The molecule has 0 unspecified atom stereocenters. The maximum Gasteiger partial charge on any atom is 0.196 e. The number of H-pyrrole nitrogens is 1. The quantitative estimate of drug-likeness (QED) is 0.656. The van der Waals surface area contributed by atoms with Crippen molar-refractivity contribution in [2.24, 2.45) is 0 Å². The van der Waals surface area contributed by atoms with E-state index in [-0.39, 0.29) is 5.78 Å². The van der Waals surface area contributed by atoms with Gasteiger partial charge >= 0.3 is 0 Å². The third kappa shape index (κ3) is 2.45. The molecule has 0 fully saturated rings. The molecule has 3 aromatic rings. The minimum absolute atomic E-state index is 0.101. The Morgan fingerprint density at radius 2 is 1.95 bits per heavy atom. The number of aryl methyl sites for hydroxylation is 1. The minimum Gasteiger partial charge on any atom is -0.360 e. The Morgan fingerprint density at radius 3 is 2.67 bits per heavy atom. The average molecular weight is 318 g/mol. The van der Waals surface area contributed by atoms with Crippen LogP contribution >= 0.6 is 23.2 Å². The molecule has 1 heterocycles. The van der Waals surface area contributed by atoms with E-state index in [1.54, 1.807) is 24.4 Å². The minimum atomic E-state index is -0.101. The van der Waals surface area contributed by atoms with Crippen LogP contribution in [-0.4, -0.2) is 10.8 Å². The molecule has 0 radical (unpaired) electrons. The number of nitrogens with one attached hydrogen (secondary N) is 1. The second kappa shape index (κ2) is 5.55. The van der Waals surface area contributed by atoms with Gasteiger partial charge in [0.15, 0.2) is 5.78 Å². The third-order valence-electron chi connectivity index (χ3n) is 3.60. The van der Waals surface area contributed by atoms with Crippen LogP contribution in [0.15, 0.2) is 42.6 Å². The molecule has 0 amide bonds. The van der Waals surface area contributed by atoms with E-state index in [0.29, 0.717) is 21.2 Å². The molecule has 0 spiro atoms. The van der Waals surface area contributed by atoms with Crippen molar-refractivity contribution in [1.82, 2.24) is 4.98 Å². The van der Waals surface area contributed by atoms with Gasteiger partial charge in [0.25, 0.3) is 0 Å². The van der Waals surface area contributed by atoms with Gasteiger partial charge in [-0.25, -0.2) is 0 Å². The summed E-state index contributed by atoms with van der Waals surface area (Å²) in [5.74, 6) is -0.101. The summed E-state index contributed by atoms with van der Waals surface area (Å²) < 4.78 is 0. The average Bonchev–Trinajstić information content (AvgIpc) is 2.90. The fraction of sp³-hybridized carbons (Fsp3) is 0.118. The highest BCUT2D eigenvalue weighted by atomic mass is 35.5. The lowest BCUT2D eigenvalue weighted by molar-refractivity contribution is 0.104. The molecule has 21 heavy (non-hydrogen) atoms. The summed E-state index contributed by atoms with van der Waals surface area (Å²) in [4.78, 5) is 15.9. The van der Waals surface area contributed by atoms with Gasteiger partial charge in [0.1, 0.15) is 0 Å². The SMILES string of the molecule is CCc1cccc2c(C(=O)c3ccc(Cl)cc3Cl)c[nH]c12. The van der Waals surface area contributed by atoms with Crippen molar-refractivity contribution < 1.29 is 4.79 Å². The molecule has 0 aliphatic rings. The van der Waals surface area contributed by atoms with Crippen molar-refractivity contribution >= 4 is 39.9 Å². The van der Waals surface area contributed by atoms with Crippen molar-refractivity contribution in [3.63, 3.8) is 0 Å². The number of aromatic amines is 1. The number of carbonyl (C=O) groups excluding carboxylic acids is 1. The first-order valence-electron chi connectivity index (χ1n) is 6.70. The molecule has 0 aliphatic heterocycles. The van der Waals surface area contributed by atoms with Crippen LogP contribution < -0.4 is 0 Å². The number of rotatable bonds is 3. The number of fused-ring (bicyclic) bond motifs is 1. The molecule has 0 aliphatic carbocycles. The van der Waals surface area contributed by atoms with Gasteiger partial charge < -0.3 is 4.98 Å². The predicted molar refractivity (Wildman–Crippen MR) is 87.6 cm³/mol. The van der Waals surface area contributed by atoms with Crippen LogP contribution in [0, 0.1) is 0 Å². The van der Waals surface area contributed by atoms with E-state index in [0.717, 1.165) is 17.3 Å². The largest absolute Gasteiger partial charge is 0.360 e. The van der Waals surface area contributed by atoms with Crippen LogP contribution in [0.3, 0.4) is 0 Å². The third-order valence-corrected chi connectivity index (χ3v) is 4.15. The van der Waals surface area contributed by atoms with Gasteiger partial charge in [0.2, 0.25) is 0 Å². The molecule has 0 bridgehead atoms. The second-order valence-electron chi connectivity index (χ2n) is 4.85. The van der Waals surface area contributed by atoms with Crippen LogP contribution in [0.1, 0.15) is 28.4 Å². The van der Waals surface area contributed by atoms with Gasteiger partial charge in [-0.15, -0.1) is 0 Å². The molecule has 2 aromatic carbocycles. The number of aromatic nitrogens is 1. The Kier molecular flexibility index (Phi) is 3.75. The number of halogens is 2. The summed E-state index contributed by atoms with van der Waals surface area (Å²) in [6, 6.07) is 10.9. The van der Waals surface area contributed by atoms with Crippen molar-refractivity contribution in [3.05, 3.63) is 69.3 Å². The summed E-state index contributed by atoms with van der Waals surface area (Å²) in [5.41, 5.74) is 3.29. The second-order valence-corrected chi connectivity index (χ2v) is 5.69. The van der Waals surface area contributed by atoms with Crippen LogP contribution in [0.2, 0.25) is 10.0 Å². The van der Waals surface area contributed by atoms with Gasteiger partial charge in [0, 0.05) is 33.2 Å². The molecular weight excluding hydrogens is 305 g/mol. The number of carbonyl (C=O) groups is 1. The lowest BCUT2D eigenvalue weighted by Crippen LogP contribution is -2.01. The topological polar surface area (TPSA) is 32.9 Å². The maximum absolute atomic E-state index is 12.7. The molecule has 4 heteroatoms. The van der Waals surface area contributed by atoms with Crippen LogP contribution in [-0.2, 0) is 6.42 Å². The van der Waals surface area contributed by atoms with Crippen molar-refractivity contribution in [3.8, 4) is 0 Å². The predicted octanol–water partition coefficient (Wildman–Crippen LogP) is 5.27. The Hall–Kier alpha value is -1.77. The highest BCUT2D eigenvalue weighted by Gasteiger charge is 2.17. The van der Waals surface area contributed by atoms with Crippen LogP contribution in [0.4, 0.5) is 0 Å². The number of hydrogen-bond donors (Lipinski definition) is 1. The number of ketones is 1. The smallest absolute Gasteiger partial charge is 0.196 e. The Labute approximate surface area is 132 Å². The first-order valence-corrected chi connectivity index (χ1v) is 7.46. The first-order chi connectivity index (χ1) is 10.1. The van der Waals surface area contributed by atoms with Gasteiger partial charge in [-0.2, -0.15) is 0 Å². The summed E-state index contributed by atoms with van der Waals surface area (Å²) in [6.07, 6.45) is 2.66. The molecule has 0 atom stereocenters. The molecular formula is C17H13Cl2NO. The maximum atomic E-state index is 12.7. The Morgan fingerprint density at radius 1 is 1.14 bits per heavy atom. The van der Waals surface area contributed by atoms with Gasteiger partial charge in [-0.1, -0.05) is 48.3 Å².